The Balaban J connectivity index is 1.85. The second-order valence-corrected chi connectivity index (χ2v) is 7.46. The van der Waals surface area contributed by atoms with Gasteiger partial charge in [0.25, 0.3) is 0 Å². The van der Waals surface area contributed by atoms with Crippen LogP contribution in [0.3, 0.4) is 0 Å². The van der Waals surface area contributed by atoms with Crippen LogP contribution in [-0.2, 0) is 4.79 Å². The SMILES string of the molecule is C=CCNc1nnc(SCC(=O)N2[C@H](C)CCC[C@H]2C)s1. The number of aromatic nitrogens is 2. The second-order valence-electron chi connectivity index (χ2n) is 5.26. The summed E-state index contributed by atoms with van der Waals surface area (Å²) in [5, 5.41) is 12.0. The molecule has 2 heterocycles. The van der Waals surface area contributed by atoms with Crippen molar-refractivity contribution in [3.05, 3.63) is 12.7 Å². The molecule has 0 saturated carbocycles. The Hall–Kier alpha value is -1.08. The summed E-state index contributed by atoms with van der Waals surface area (Å²) in [7, 11) is 0. The van der Waals surface area contributed by atoms with E-state index in [0.717, 1.165) is 22.3 Å². The molecule has 2 atom stereocenters. The summed E-state index contributed by atoms with van der Waals surface area (Å²) in [5.41, 5.74) is 0. The van der Waals surface area contributed by atoms with Crippen LogP contribution in [-0.4, -0.2) is 45.4 Å². The molecule has 0 spiro atoms. The highest BCUT2D eigenvalue weighted by Crippen LogP contribution is 2.28. The summed E-state index contributed by atoms with van der Waals surface area (Å²) >= 11 is 2.94. The molecule has 0 unspecified atom stereocenters. The molecule has 0 bridgehead atoms. The number of nitrogens with zero attached hydrogens (tertiary/aromatic N) is 3. The van der Waals surface area contributed by atoms with E-state index in [0.29, 0.717) is 24.4 Å². The minimum atomic E-state index is 0.204. The van der Waals surface area contributed by atoms with Gasteiger partial charge in [0.05, 0.1) is 5.75 Å². The minimum absolute atomic E-state index is 0.204. The smallest absolute Gasteiger partial charge is 0.233 e. The summed E-state index contributed by atoms with van der Waals surface area (Å²) in [4.78, 5) is 14.4. The topological polar surface area (TPSA) is 58.1 Å². The molecule has 1 aromatic rings. The van der Waals surface area contributed by atoms with Crippen molar-refractivity contribution >= 4 is 34.1 Å². The molecule has 116 valence electrons. The Bertz CT molecular complexity index is 481. The molecule has 1 aliphatic heterocycles. The third-order valence-electron chi connectivity index (χ3n) is 3.60. The van der Waals surface area contributed by atoms with Crippen LogP contribution in [0.1, 0.15) is 33.1 Å². The number of hydrogen-bond acceptors (Lipinski definition) is 6. The monoisotopic (exact) mass is 326 g/mol. The molecule has 2 rings (SSSR count). The number of likely N-dealkylation sites (tertiary alicyclic amines) is 1. The molecular weight excluding hydrogens is 304 g/mol. The Morgan fingerprint density at radius 1 is 1.48 bits per heavy atom. The van der Waals surface area contributed by atoms with E-state index in [4.69, 9.17) is 0 Å². The van der Waals surface area contributed by atoms with Crippen LogP contribution in [0, 0.1) is 0 Å². The van der Waals surface area contributed by atoms with E-state index in [1.54, 1.807) is 6.08 Å². The fraction of sp³-hybridized carbons (Fsp3) is 0.643. The third kappa shape index (κ3) is 4.44. The third-order valence-corrected chi connectivity index (χ3v) is 5.60. The van der Waals surface area contributed by atoms with Crippen molar-refractivity contribution in [2.45, 2.75) is 49.5 Å². The molecule has 5 nitrogen and oxygen atoms in total. The highest BCUT2D eigenvalue weighted by Gasteiger charge is 2.28. The number of carbonyl (C=O) groups excluding carboxylic acids is 1. The molecule has 1 saturated heterocycles. The molecule has 1 aliphatic rings. The number of anilines is 1. The van der Waals surface area contributed by atoms with Gasteiger partial charge in [-0.3, -0.25) is 4.79 Å². The van der Waals surface area contributed by atoms with Crippen molar-refractivity contribution in [3.8, 4) is 0 Å². The van der Waals surface area contributed by atoms with E-state index in [9.17, 15) is 4.79 Å². The molecule has 1 N–H and O–H groups in total. The number of rotatable bonds is 6. The van der Waals surface area contributed by atoms with Gasteiger partial charge in [0.2, 0.25) is 11.0 Å². The van der Waals surface area contributed by atoms with Gasteiger partial charge in [0.1, 0.15) is 0 Å². The number of amides is 1. The second kappa shape index (κ2) is 7.79. The molecular formula is C14H22N4OS2. The Kier molecular flexibility index (Phi) is 6.05. The van der Waals surface area contributed by atoms with Crippen molar-refractivity contribution in [3.63, 3.8) is 0 Å². The molecule has 1 aromatic heterocycles. The standard InChI is InChI=1S/C14H22N4OS2/c1-4-8-15-13-16-17-14(21-13)20-9-12(19)18-10(2)6-5-7-11(18)3/h4,10-11H,1,5-9H2,2-3H3,(H,15,16)/t10-,11-/m1/s1. The first-order chi connectivity index (χ1) is 10.1. The maximum Gasteiger partial charge on any atom is 0.233 e. The fourth-order valence-electron chi connectivity index (χ4n) is 2.61. The first kappa shape index (κ1) is 16.3. The maximum atomic E-state index is 12.4. The zero-order valence-electron chi connectivity index (χ0n) is 12.5. The first-order valence-electron chi connectivity index (χ1n) is 7.24. The van der Waals surface area contributed by atoms with Gasteiger partial charge in [-0.2, -0.15) is 0 Å². The van der Waals surface area contributed by atoms with E-state index in [2.05, 4.69) is 35.9 Å². The van der Waals surface area contributed by atoms with Crippen LogP contribution in [0.5, 0.6) is 0 Å². The predicted molar refractivity (Wildman–Crippen MR) is 88.9 cm³/mol. The molecule has 7 heteroatoms. The highest BCUT2D eigenvalue weighted by molar-refractivity contribution is 8.01. The zero-order chi connectivity index (χ0) is 15.2. The predicted octanol–water partition coefficient (Wildman–Crippen LogP) is 3.02. The van der Waals surface area contributed by atoms with Crippen LogP contribution < -0.4 is 5.32 Å². The zero-order valence-corrected chi connectivity index (χ0v) is 14.2. The summed E-state index contributed by atoms with van der Waals surface area (Å²) in [6.07, 6.45) is 5.20. The van der Waals surface area contributed by atoms with E-state index in [1.807, 2.05) is 4.90 Å². The molecule has 1 fully saturated rings. The van der Waals surface area contributed by atoms with E-state index in [1.165, 1.54) is 29.5 Å². The molecule has 0 aliphatic carbocycles. The largest absolute Gasteiger partial charge is 0.357 e. The Labute approximate surface area is 134 Å². The number of carbonyl (C=O) groups is 1. The van der Waals surface area contributed by atoms with Crippen LogP contribution in [0.15, 0.2) is 17.0 Å². The number of nitrogens with one attached hydrogen (secondary N) is 1. The van der Waals surface area contributed by atoms with Gasteiger partial charge in [-0.1, -0.05) is 29.2 Å². The Morgan fingerprint density at radius 3 is 2.86 bits per heavy atom. The first-order valence-corrected chi connectivity index (χ1v) is 9.04. The van der Waals surface area contributed by atoms with Crippen LogP contribution in [0.25, 0.3) is 0 Å². The summed E-state index contributed by atoms with van der Waals surface area (Å²) in [6, 6.07) is 0.696. The lowest BCUT2D eigenvalue weighted by atomic mass is 9.98. The molecule has 0 radical (unpaired) electrons. The van der Waals surface area contributed by atoms with Crippen LogP contribution in [0.2, 0.25) is 0 Å². The summed E-state index contributed by atoms with van der Waals surface area (Å²) < 4.78 is 0.826. The lowest BCUT2D eigenvalue weighted by Gasteiger charge is -2.39. The summed E-state index contributed by atoms with van der Waals surface area (Å²) in [5.74, 6) is 0.639. The van der Waals surface area contributed by atoms with Crippen LogP contribution >= 0.6 is 23.1 Å². The van der Waals surface area contributed by atoms with Crippen molar-refractivity contribution in [2.24, 2.45) is 0 Å². The number of piperidine rings is 1. The van der Waals surface area contributed by atoms with Gasteiger partial charge in [-0.25, -0.2) is 0 Å². The normalized spacial score (nSPS) is 22.1. The van der Waals surface area contributed by atoms with Crippen molar-refractivity contribution in [1.82, 2.24) is 15.1 Å². The average molecular weight is 326 g/mol. The van der Waals surface area contributed by atoms with Crippen LogP contribution in [0.4, 0.5) is 5.13 Å². The van der Waals surface area contributed by atoms with Crippen molar-refractivity contribution in [2.75, 3.05) is 17.6 Å². The van der Waals surface area contributed by atoms with E-state index < -0.39 is 0 Å². The lowest BCUT2D eigenvalue weighted by Crippen LogP contribution is -2.48. The van der Waals surface area contributed by atoms with Crippen molar-refractivity contribution in [1.29, 1.82) is 0 Å². The minimum Gasteiger partial charge on any atom is -0.357 e. The lowest BCUT2D eigenvalue weighted by molar-refractivity contribution is -0.134. The highest BCUT2D eigenvalue weighted by atomic mass is 32.2. The Morgan fingerprint density at radius 2 is 2.19 bits per heavy atom. The number of thioether (sulfide) groups is 1. The van der Waals surface area contributed by atoms with Gasteiger partial charge < -0.3 is 10.2 Å². The maximum absolute atomic E-state index is 12.4. The molecule has 1 amide bonds. The van der Waals surface area contributed by atoms with E-state index in [-0.39, 0.29) is 5.91 Å². The van der Waals surface area contributed by atoms with Gasteiger partial charge in [-0.05, 0) is 33.1 Å². The average Bonchev–Trinajstić information content (AvgIpc) is 2.90. The molecule has 0 aromatic carbocycles. The van der Waals surface area contributed by atoms with Gasteiger partial charge in [0, 0.05) is 18.6 Å². The molecule has 21 heavy (non-hydrogen) atoms. The summed E-state index contributed by atoms with van der Waals surface area (Å²) in [6.45, 7) is 8.59. The van der Waals surface area contributed by atoms with E-state index >= 15 is 0 Å². The van der Waals surface area contributed by atoms with Crippen molar-refractivity contribution < 1.29 is 4.79 Å². The fourth-order valence-corrected chi connectivity index (χ4v) is 4.24. The van der Waals surface area contributed by atoms with Gasteiger partial charge >= 0.3 is 0 Å². The van der Waals surface area contributed by atoms with Gasteiger partial charge in [0.15, 0.2) is 4.34 Å². The van der Waals surface area contributed by atoms with Gasteiger partial charge in [-0.15, -0.1) is 16.8 Å². The quantitative estimate of drug-likeness (QED) is 0.643. The number of hydrogen-bond donors (Lipinski definition) is 1.